The molecule has 1 unspecified atom stereocenters. The average Bonchev–Trinajstić information content (AvgIpc) is 2.91. The van der Waals surface area contributed by atoms with Gasteiger partial charge in [0.05, 0.1) is 17.8 Å². The SMILES string of the molecule is CN1CCN(c2ccc(N3CC(C(N)=O)CC3=O)nc2)CC1. The van der Waals surface area contributed by atoms with Crippen molar-refractivity contribution in [3.8, 4) is 0 Å². The summed E-state index contributed by atoms with van der Waals surface area (Å²) in [5.41, 5.74) is 6.35. The number of anilines is 2. The first-order chi connectivity index (χ1) is 10.5. The zero-order valence-corrected chi connectivity index (χ0v) is 12.7. The lowest BCUT2D eigenvalue weighted by molar-refractivity contribution is -0.123. The molecule has 1 aromatic heterocycles. The van der Waals surface area contributed by atoms with Crippen molar-refractivity contribution in [3.05, 3.63) is 18.3 Å². The Bertz CT molecular complexity index is 566. The first kappa shape index (κ1) is 14.8. The van der Waals surface area contributed by atoms with E-state index in [9.17, 15) is 9.59 Å². The first-order valence-corrected chi connectivity index (χ1v) is 7.54. The molecule has 2 amide bonds. The van der Waals surface area contributed by atoms with Crippen molar-refractivity contribution in [2.45, 2.75) is 6.42 Å². The van der Waals surface area contributed by atoms with Gasteiger partial charge in [-0.05, 0) is 19.2 Å². The van der Waals surface area contributed by atoms with Gasteiger partial charge in [0.2, 0.25) is 11.8 Å². The van der Waals surface area contributed by atoms with Gasteiger partial charge >= 0.3 is 0 Å². The van der Waals surface area contributed by atoms with Gasteiger partial charge in [-0.3, -0.25) is 14.5 Å². The van der Waals surface area contributed by atoms with E-state index in [0.717, 1.165) is 31.9 Å². The van der Waals surface area contributed by atoms with Crippen LogP contribution < -0.4 is 15.5 Å². The van der Waals surface area contributed by atoms with E-state index in [1.54, 1.807) is 11.1 Å². The second kappa shape index (κ2) is 5.92. The second-order valence-corrected chi connectivity index (χ2v) is 5.97. The fourth-order valence-electron chi connectivity index (χ4n) is 2.91. The van der Waals surface area contributed by atoms with E-state index in [4.69, 9.17) is 5.73 Å². The maximum absolute atomic E-state index is 12.0. The van der Waals surface area contributed by atoms with Crippen molar-refractivity contribution in [3.63, 3.8) is 0 Å². The van der Waals surface area contributed by atoms with Crippen LogP contribution in [0.1, 0.15) is 6.42 Å². The molecule has 0 saturated carbocycles. The summed E-state index contributed by atoms with van der Waals surface area (Å²) in [4.78, 5) is 33.7. The number of piperazine rings is 1. The zero-order chi connectivity index (χ0) is 15.7. The van der Waals surface area contributed by atoms with Crippen LogP contribution in [-0.2, 0) is 9.59 Å². The number of amides is 2. The minimum Gasteiger partial charge on any atom is -0.369 e. The van der Waals surface area contributed by atoms with Gasteiger partial charge in [-0.15, -0.1) is 0 Å². The molecule has 0 bridgehead atoms. The Labute approximate surface area is 129 Å². The number of likely N-dealkylation sites (N-methyl/N-ethyl adjacent to an activating group) is 1. The summed E-state index contributed by atoms with van der Waals surface area (Å²) >= 11 is 0. The number of hydrogen-bond donors (Lipinski definition) is 1. The van der Waals surface area contributed by atoms with Gasteiger partial charge in [-0.25, -0.2) is 4.98 Å². The highest BCUT2D eigenvalue weighted by Crippen LogP contribution is 2.25. The van der Waals surface area contributed by atoms with Gasteiger partial charge in [0, 0.05) is 39.1 Å². The van der Waals surface area contributed by atoms with Gasteiger partial charge in [0.15, 0.2) is 0 Å². The van der Waals surface area contributed by atoms with Crippen LogP contribution in [0.4, 0.5) is 11.5 Å². The lowest BCUT2D eigenvalue weighted by Crippen LogP contribution is -2.44. The topological polar surface area (TPSA) is 82.8 Å². The summed E-state index contributed by atoms with van der Waals surface area (Å²) in [5, 5.41) is 0. The van der Waals surface area contributed by atoms with E-state index >= 15 is 0 Å². The van der Waals surface area contributed by atoms with Crippen molar-refractivity contribution in [2.75, 3.05) is 49.6 Å². The molecule has 7 heteroatoms. The number of pyridine rings is 1. The number of carbonyl (C=O) groups is 2. The van der Waals surface area contributed by atoms with Crippen molar-refractivity contribution in [2.24, 2.45) is 11.7 Å². The molecule has 2 aliphatic rings. The third kappa shape index (κ3) is 2.89. The summed E-state index contributed by atoms with van der Waals surface area (Å²) in [5.74, 6) is -0.341. The molecule has 0 aromatic carbocycles. The van der Waals surface area contributed by atoms with Crippen LogP contribution in [0.2, 0.25) is 0 Å². The number of rotatable bonds is 3. The molecular formula is C15H21N5O2. The summed E-state index contributed by atoms with van der Waals surface area (Å²) in [6.45, 7) is 4.35. The monoisotopic (exact) mass is 303 g/mol. The van der Waals surface area contributed by atoms with Gasteiger partial charge in [0.1, 0.15) is 5.82 Å². The normalized spacial score (nSPS) is 23.1. The van der Waals surface area contributed by atoms with Crippen molar-refractivity contribution < 1.29 is 9.59 Å². The molecule has 2 N–H and O–H groups in total. The third-order valence-electron chi connectivity index (χ3n) is 4.40. The fourth-order valence-corrected chi connectivity index (χ4v) is 2.91. The van der Waals surface area contributed by atoms with E-state index < -0.39 is 11.8 Å². The highest BCUT2D eigenvalue weighted by atomic mass is 16.2. The number of carbonyl (C=O) groups excluding carboxylic acids is 2. The second-order valence-electron chi connectivity index (χ2n) is 5.97. The molecule has 7 nitrogen and oxygen atoms in total. The van der Waals surface area contributed by atoms with Crippen LogP contribution in [0.5, 0.6) is 0 Å². The van der Waals surface area contributed by atoms with Crippen LogP contribution in [0, 0.1) is 5.92 Å². The Morgan fingerprint density at radius 3 is 2.55 bits per heavy atom. The minimum absolute atomic E-state index is 0.0938. The van der Waals surface area contributed by atoms with E-state index in [-0.39, 0.29) is 12.3 Å². The molecule has 2 aliphatic heterocycles. The fraction of sp³-hybridized carbons (Fsp3) is 0.533. The summed E-state index contributed by atoms with van der Waals surface area (Å²) in [6, 6.07) is 3.83. The van der Waals surface area contributed by atoms with Crippen LogP contribution in [-0.4, -0.2) is 61.5 Å². The molecule has 3 rings (SSSR count). The van der Waals surface area contributed by atoms with Crippen LogP contribution in [0.15, 0.2) is 18.3 Å². The maximum atomic E-state index is 12.0. The number of primary amides is 1. The van der Waals surface area contributed by atoms with E-state index in [1.807, 2.05) is 12.1 Å². The maximum Gasteiger partial charge on any atom is 0.229 e. The smallest absolute Gasteiger partial charge is 0.229 e. The number of nitrogens with two attached hydrogens (primary N) is 1. The van der Waals surface area contributed by atoms with E-state index in [1.165, 1.54) is 0 Å². The Morgan fingerprint density at radius 1 is 1.27 bits per heavy atom. The Morgan fingerprint density at radius 2 is 2.00 bits per heavy atom. The van der Waals surface area contributed by atoms with Crippen LogP contribution in [0.3, 0.4) is 0 Å². The van der Waals surface area contributed by atoms with Crippen molar-refractivity contribution in [1.29, 1.82) is 0 Å². The number of hydrogen-bond acceptors (Lipinski definition) is 5. The predicted octanol–water partition coefficient (Wildman–Crippen LogP) is -0.328. The number of aromatic nitrogens is 1. The summed E-state index contributed by atoms with van der Waals surface area (Å²) < 4.78 is 0. The first-order valence-electron chi connectivity index (χ1n) is 7.54. The lowest BCUT2D eigenvalue weighted by Gasteiger charge is -2.33. The van der Waals surface area contributed by atoms with Crippen LogP contribution in [0.25, 0.3) is 0 Å². The molecule has 0 spiro atoms. The van der Waals surface area contributed by atoms with Crippen LogP contribution >= 0.6 is 0 Å². The van der Waals surface area contributed by atoms with E-state index in [2.05, 4.69) is 21.8 Å². The molecular weight excluding hydrogens is 282 g/mol. The third-order valence-corrected chi connectivity index (χ3v) is 4.40. The predicted molar refractivity (Wildman–Crippen MR) is 83.6 cm³/mol. The van der Waals surface area contributed by atoms with Gasteiger partial charge in [-0.2, -0.15) is 0 Å². The molecule has 22 heavy (non-hydrogen) atoms. The quantitative estimate of drug-likeness (QED) is 0.827. The van der Waals surface area contributed by atoms with Crippen molar-refractivity contribution in [1.82, 2.24) is 9.88 Å². The standard InChI is InChI=1S/C15H21N5O2/c1-18-4-6-19(7-5-18)12-2-3-13(17-9-12)20-10-11(15(16)22)8-14(20)21/h2-3,9,11H,4-8,10H2,1H3,(H2,16,22). The van der Waals surface area contributed by atoms with Gasteiger partial charge in [0.25, 0.3) is 0 Å². The summed E-state index contributed by atoms with van der Waals surface area (Å²) in [6.07, 6.45) is 1.97. The molecule has 1 aromatic rings. The molecule has 118 valence electrons. The highest BCUT2D eigenvalue weighted by molar-refractivity contribution is 5.99. The molecule has 0 aliphatic carbocycles. The highest BCUT2D eigenvalue weighted by Gasteiger charge is 2.34. The average molecular weight is 303 g/mol. The Balaban J connectivity index is 1.69. The number of nitrogens with zero attached hydrogens (tertiary/aromatic N) is 4. The van der Waals surface area contributed by atoms with Gasteiger partial charge < -0.3 is 15.5 Å². The lowest BCUT2D eigenvalue weighted by atomic mass is 10.1. The molecule has 2 fully saturated rings. The Kier molecular flexibility index (Phi) is 3.98. The van der Waals surface area contributed by atoms with E-state index in [0.29, 0.717) is 12.4 Å². The summed E-state index contributed by atoms with van der Waals surface area (Å²) in [7, 11) is 2.12. The molecule has 0 radical (unpaired) electrons. The molecule has 3 heterocycles. The largest absolute Gasteiger partial charge is 0.369 e. The van der Waals surface area contributed by atoms with Crippen molar-refractivity contribution >= 4 is 23.3 Å². The molecule has 2 saturated heterocycles. The minimum atomic E-state index is -0.426. The Hall–Kier alpha value is -2.15. The zero-order valence-electron chi connectivity index (χ0n) is 12.7. The molecule has 1 atom stereocenters. The van der Waals surface area contributed by atoms with Gasteiger partial charge in [-0.1, -0.05) is 0 Å².